The number of benzene rings is 1. The van der Waals surface area contributed by atoms with E-state index in [0.717, 1.165) is 4.90 Å². The van der Waals surface area contributed by atoms with Gasteiger partial charge in [-0.25, -0.2) is 8.78 Å². The predicted molar refractivity (Wildman–Crippen MR) is 68.5 cm³/mol. The molecule has 0 heterocycles. The minimum absolute atomic E-state index is 0.0170. The summed E-state index contributed by atoms with van der Waals surface area (Å²) in [6.07, 6.45) is -2.58. The Morgan fingerprint density at radius 1 is 1.50 bits per heavy atom. The number of phenols is 1. The summed E-state index contributed by atoms with van der Waals surface area (Å²) in [7, 11) is 0. The number of rotatable bonds is 5. The second-order valence-electron chi connectivity index (χ2n) is 3.78. The molecule has 0 radical (unpaired) electrons. The molecule has 100 valence electrons. The highest BCUT2D eigenvalue weighted by atomic mass is 79.9. The second-order valence-corrected chi connectivity index (χ2v) is 4.57. The summed E-state index contributed by atoms with van der Waals surface area (Å²) in [5.41, 5.74) is 0.646. The van der Waals surface area contributed by atoms with E-state index in [9.17, 15) is 18.7 Å². The molecule has 0 unspecified atom stereocenters. The molecule has 3 nitrogen and oxygen atoms in total. The van der Waals surface area contributed by atoms with Crippen molar-refractivity contribution in [1.29, 1.82) is 0 Å². The number of aromatic hydroxyl groups is 1. The number of carbonyl (C=O) groups is 1. The number of alkyl halides is 3. The standard InChI is InChI=1S/C12H14BrF2NO2/c1-8-9(3-2-4-10(8)17)12(18)16(6-5-13)7-11(14)15/h2-4,11,17H,5-7H2,1H3. The van der Waals surface area contributed by atoms with E-state index < -0.39 is 18.9 Å². The first kappa shape index (κ1) is 14.9. The van der Waals surface area contributed by atoms with Crippen LogP contribution in [-0.4, -0.2) is 40.8 Å². The quantitative estimate of drug-likeness (QED) is 0.847. The number of hydrogen-bond donors (Lipinski definition) is 1. The van der Waals surface area contributed by atoms with E-state index >= 15 is 0 Å². The van der Waals surface area contributed by atoms with E-state index in [-0.39, 0.29) is 17.9 Å². The average Bonchev–Trinajstić information content (AvgIpc) is 2.31. The van der Waals surface area contributed by atoms with Gasteiger partial charge in [0.25, 0.3) is 12.3 Å². The molecule has 1 amide bonds. The van der Waals surface area contributed by atoms with E-state index in [1.54, 1.807) is 6.92 Å². The molecule has 1 rings (SSSR count). The molecule has 18 heavy (non-hydrogen) atoms. The van der Waals surface area contributed by atoms with Crippen LogP contribution in [0.15, 0.2) is 18.2 Å². The van der Waals surface area contributed by atoms with Crippen molar-refractivity contribution < 1.29 is 18.7 Å². The van der Waals surface area contributed by atoms with Gasteiger partial charge in [0.15, 0.2) is 0 Å². The Morgan fingerprint density at radius 2 is 2.17 bits per heavy atom. The monoisotopic (exact) mass is 321 g/mol. The largest absolute Gasteiger partial charge is 0.508 e. The lowest BCUT2D eigenvalue weighted by Crippen LogP contribution is -2.36. The van der Waals surface area contributed by atoms with Crippen molar-refractivity contribution in [3.63, 3.8) is 0 Å². The molecule has 0 spiro atoms. The first-order valence-electron chi connectivity index (χ1n) is 5.39. The third-order valence-electron chi connectivity index (χ3n) is 2.54. The van der Waals surface area contributed by atoms with Crippen molar-refractivity contribution in [2.75, 3.05) is 18.4 Å². The molecule has 0 aliphatic carbocycles. The van der Waals surface area contributed by atoms with Crippen molar-refractivity contribution in [2.45, 2.75) is 13.3 Å². The van der Waals surface area contributed by atoms with E-state index in [1.165, 1.54) is 18.2 Å². The fourth-order valence-electron chi connectivity index (χ4n) is 1.57. The Labute approximate surface area is 113 Å². The Kier molecular flexibility index (Phi) is 5.53. The number of hydrogen-bond acceptors (Lipinski definition) is 2. The van der Waals surface area contributed by atoms with E-state index in [4.69, 9.17) is 0 Å². The average molecular weight is 322 g/mol. The van der Waals surface area contributed by atoms with Gasteiger partial charge in [0, 0.05) is 23.0 Å². The Hall–Kier alpha value is -1.17. The highest BCUT2D eigenvalue weighted by Crippen LogP contribution is 2.21. The summed E-state index contributed by atoms with van der Waals surface area (Å²) in [6.45, 7) is 1.16. The molecule has 1 N–H and O–H groups in total. The Balaban J connectivity index is 2.98. The van der Waals surface area contributed by atoms with Gasteiger partial charge in [-0.1, -0.05) is 22.0 Å². The molecule has 6 heteroatoms. The van der Waals surface area contributed by atoms with Crippen molar-refractivity contribution in [1.82, 2.24) is 4.90 Å². The zero-order chi connectivity index (χ0) is 13.7. The zero-order valence-corrected chi connectivity index (χ0v) is 11.5. The van der Waals surface area contributed by atoms with Crippen molar-refractivity contribution >= 4 is 21.8 Å². The molecule has 1 aromatic rings. The van der Waals surface area contributed by atoms with E-state index in [1.807, 2.05) is 0 Å². The molecule has 0 saturated heterocycles. The maximum atomic E-state index is 12.4. The molecular weight excluding hydrogens is 308 g/mol. The minimum Gasteiger partial charge on any atom is -0.508 e. The van der Waals surface area contributed by atoms with Crippen LogP contribution in [0, 0.1) is 6.92 Å². The third kappa shape index (κ3) is 3.66. The van der Waals surface area contributed by atoms with E-state index in [0.29, 0.717) is 10.9 Å². The van der Waals surface area contributed by atoms with Crippen LogP contribution in [0.5, 0.6) is 5.75 Å². The molecule has 0 fully saturated rings. The summed E-state index contributed by atoms with van der Waals surface area (Å²) >= 11 is 3.13. The summed E-state index contributed by atoms with van der Waals surface area (Å²) in [4.78, 5) is 13.2. The molecule has 0 saturated carbocycles. The van der Waals surface area contributed by atoms with Crippen LogP contribution in [0.25, 0.3) is 0 Å². The number of carbonyl (C=O) groups excluding carboxylic acids is 1. The van der Waals surface area contributed by atoms with Crippen molar-refractivity contribution in [2.24, 2.45) is 0 Å². The smallest absolute Gasteiger partial charge is 0.255 e. The Morgan fingerprint density at radius 3 is 2.72 bits per heavy atom. The maximum absolute atomic E-state index is 12.4. The van der Waals surface area contributed by atoms with E-state index in [2.05, 4.69) is 15.9 Å². The van der Waals surface area contributed by atoms with Crippen molar-refractivity contribution in [3.8, 4) is 5.75 Å². The van der Waals surface area contributed by atoms with Crippen molar-refractivity contribution in [3.05, 3.63) is 29.3 Å². The van der Waals surface area contributed by atoms with Gasteiger partial charge in [-0.2, -0.15) is 0 Å². The van der Waals surface area contributed by atoms with Crippen LogP contribution in [0.4, 0.5) is 8.78 Å². The maximum Gasteiger partial charge on any atom is 0.255 e. The normalized spacial score (nSPS) is 10.7. The third-order valence-corrected chi connectivity index (χ3v) is 2.89. The summed E-state index contributed by atoms with van der Waals surface area (Å²) in [5.74, 6) is -0.514. The Bertz CT molecular complexity index is 427. The summed E-state index contributed by atoms with van der Waals surface area (Å²) < 4.78 is 24.8. The lowest BCUT2D eigenvalue weighted by atomic mass is 10.1. The SMILES string of the molecule is Cc1c(O)cccc1C(=O)N(CCBr)CC(F)F. The molecular formula is C12H14BrF2NO2. The number of amides is 1. The molecule has 0 aliphatic rings. The lowest BCUT2D eigenvalue weighted by molar-refractivity contribution is 0.0571. The van der Waals surface area contributed by atoms with Crippen LogP contribution >= 0.6 is 15.9 Å². The molecule has 0 bridgehead atoms. The minimum atomic E-state index is -2.58. The van der Waals surface area contributed by atoms with Crippen LogP contribution in [-0.2, 0) is 0 Å². The zero-order valence-electron chi connectivity index (χ0n) is 9.87. The highest BCUT2D eigenvalue weighted by Gasteiger charge is 2.21. The van der Waals surface area contributed by atoms with Gasteiger partial charge in [0.2, 0.25) is 0 Å². The first-order valence-corrected chi connectivity index (χ1v) is 6.51. The second kappa shape index (κ2) is 6.68. The van der Waals surface area contributed by atoms with Gasteiger partial charge < -0.3 is 10.0 Å². The number of nitrogens with zero attached hydrogens (tertiary/aromatic N) is 1. The molecule has 1 aromatic carbocycles. The summed E-state index contributed by atoms with van der Waals surface area (Å²) in [5, 5.41) is 9.93. The van der Waals surface area contributed by atoms with Gasteiger partial charge >= 0.3 is 0 Å². The van der Waals surface area contributed by atoms with Crippen LogP contribution < -0.4 is 0 Å². The van der Waals surface area contributed by atoms with Crippen LogP contribution in [0.1, 0.15) is 15.9 Å². The molecule has 0 atom stereocenters. The van der Waals surface area contributed by atoms with Gasteiger partial charge in [-0.3, -0.25) is 4.79 Å². The predicted octanol–water partition coefficient (Wildman–Crippen LogP) is 2.80. The number of halogens is 3. The molecule has 0 aliphatic heterocycles. The fourth-order valence-corrected chi connectivity index (χ4v) is 2.00. The summed E-state index contributed by atoms with van der Waals surface area (Å²) in [6, 6.07) is 4.49. The lowest BCUT2D eigenvalue weighted by Gasteiger charge is -2.22. The van der Waals surface area contributed by atoms with Crippen LogP contribution in [0.2, 0.25) is 0 Å². The van der Waals surface area contributed by atoms with Gasteiger partial charge in [0.05, 0.1) is 6.54 Å². The highest BCUT2D eigenvalue weighted by molar-refractivity contribution is 9.09. The molecule has 0 aromatic heterocycles. The van der Waals surface area contributed by atoms with Gasteiger partial charge in [-0.05, 0) is 19.1 Å². The van der Waals surface area contributed by atoms with Gasteiger partial charge in [-0.15, -0.1) is 0 Å². The fraction of sp³-hybridized carbons (Fsp3) is 0.417. The number of phenolic OH excluding ortho intramolecular Hbond substituents is 1. The first-order chi connectivity index (χ1) is 8.47. The van der Waals surface area contributed by atoms with Gasteiger partial charge in [0.1, 0.15) is 5.75 Å². The topological polar surface area (TPSA) is 40.5 Å². The van der Waals surface area contributed by atoms with Crippen LogP contribution in [0.3, 0.4) is 0 Å².